The van der Waals surface area contributed by atoms with Gasteiger partial charge in [0.2, 0.25) is 0 Å². The molecule has 0 aliphatic rings. The molecular weight excluding hydrogens is 308 g/mol. The summed E-state index contributed by atoms with van der Waals surface area (Å²) >= 11 is 3.25. The fourth-order valence-corrected chi connectivity index (χ4v) is 2.51. The highest BCUT2D eigenvalue weighted by molar-refractivity contribution is 9.10. The molecule has 0 fully saturated rings. The zero-order chi connectivity index (χ0) is 14.0. The van der Waals surface area contributed by atoms with Gasteiger partial charge in [0, 0.05) is 5.92 Å². The summed E-state index contributed by atoms with van der Waals surface area (Å²) in [5, 5.41) is 10.2. The van der Waals surface area contributed by atoms with Gasteiger partial charge in [0.15, 0.2) is 0 Å². The standard InChI is InChI=1S/C15H15BrO3/c1-3-11(10-7-5-4-6-8-10)12-14(17)13(16)9(2)19-15(12)18/h4-8,11,17H,3H2,1-2H3. The van der Waals surface area contributed by atoms with Crippen LogP contribution >= 0.6 is 15.9 Å². The van der Waals surface area contributed by atoms with Gasteiger partial charge in [0.1, 0.15) is 11.5 Å². The number of rotatable bonds is 3. The van der Waals surface area contributed by atoms with Gasteiger partial charge in [-0.3, -0.25) is 0 Å². The Balaban J connectivity index is 2.63. The Morgan fingerprint density at radius 1 is 1.32 bits per heavy atom. The highest BCUT2D eigenvalue weighted by Gasteiger charge is 2.23. The van der Waals surface area contributed by atoms with Crippen molar-refractivity contribution in [3.63, 3.8) is 0 Å². The third kappa shape index (κ3) is 2.59. The molecule has 0 bridgehead atoms. The maximum Gasteiger partial charge on any atom is 0.343 e. The Labute approximate surface area is 120 Å². The van der Waals surface area contributed by atoms with Crippen molar-refractivity contribution in [2.75, 3.05) is 0 Å². The van der Waals surface area contributed by atoms with Crippen LogP contribution in [0.4, 0.5) is 0 Å². The average Bonchev–Trinajstić information content (AvgIpc) is 2.42. The molecule has 1 atom stereocenters. The summed E-state index contributed by atoms with van der Waals surface area (Å²) in [6.45, 7) is 3.61. The first-order valence-corrected chi connectivity index (χ1v) is 6.92. The van der Waals surface area contributed by atoms with Crippen molar-refractivity contribution in [1.29, 1.82) is 0 Å². The van der Waals surface area contributed by atoms with Gasteiger partial charge >= 0.3 is 5.63 Å². The molecule has 0 aliphatic carbocycles. The van der Waals surface area contributed by atoms with Crippen LogP contribution in [0, 0.1) is 6.92 Å². The lowest BCUT2D eigenvalue weighted by atomic mass is 9.89. The van der Waals surface area contributed by atoms with E-state index in [0.717, 1.165) is 5.56 Å². The predicted molar refractivity (Wildman–Crippen MR) is 77.7 cm³/mol. The van der Waals surface area contributed by atoms with Gasteiger partial charge in [-0.2, -0.15) is 0 Å². The third-order valence-electron chi connectivity index (χ3n) is 3.20. The maximum absolute atomic E-state index is 12.0. The molecule has 0 radical (unpaired) electrons. The maximum atomic E-state index is 12.0. The molecule has 19 heavy (non-hydrogen) atoms. The largest absolute Gasteiger partial charge is 0.506 e. The van der Waals surface area contributed by atoms with Crippen molar-refractivity contribution in [2.45, 2.75) is 26.2 Å². The van der Waals surface area contributed by atoms with E-state index in [2.05, 4.69) is 15.9 Å². The molecule has 2 aromatic rings. The summed E-state index contributed by atoms with van der Waals surface area (Å²) in [6, 6.07) is 9.64. The van der Waals surface area contributed by atoms with Crippen molar-refractivity contribution >= 4 is 15.9 Å². The first-order chi connectivity index (χ1) is 9.06. The SMILES string of the molecule is CCC(c1ccccc1)c1c(O)c(Br)c(C)oc1=O. The van der Waals surface area contributed by atoms with E-state index >= 15 is 0 Å². The fraction of sp³-hybridized carbons (Fsp3) is 0.267. The molecular formula is C15H15BrO3. The summed E-state index contributed by atoms with van der Waals surface area (Å²) in [4.78, 5) is 12.0. The van der Waals surface area contributed by atoms with Crippen LogP contribution in [0.2, 0.25) is 0 Å². The van der Waals surface area contributed by atoms with Crippen molar-refractivity contribution in [1.82, 2.24) is 0 Å². The Morgan fingerprint density at radius 3 is 2.53 bits per heavy atom. The second-order valence-corrected chi connectivity index (χ2v) is 5.19. The smallest absolute Gasteiger partial charge is 0.343 e. The Morgan fingerprint density at radius 2 is 1.95 bits per heavy atom. The van der Waals surface area contributed by atoms with Gasteiger partial charge < -0.3 is 9.52 Å². The van der Waals surface area contributed by atoms with Gasteiger partial charge in [-0.15, -0.1) is 0 Å². The van der Waals surface area contributed by atoms with Gasteiger partial charge in [0.05, 0.1) is 10.0 Å². The molecule has 1 heterocycles. The minimum absolute atomic E-state index is 0.0237. The van der Waals surface area contributed by atoms with Crippen molar-refractivity contribution in [3.05, 3.63) is 62.1 Å². The lowest BCUT2D eigenvalue weighted by Gasteiger charge is -2.16. The van der Waals surface area contributed by atoms with Crippen LogP contribution in [0.3, 0.4) is 0 Å². The Kier molecular flexibility index (Phi) is 4.10. The summed E-state index contributed by atoms with van der Waals surface area (Å²) in [6.07, 6.45) is 0.706. The summed E-state index contributed by atoms with van der Waals surface area (Å²) in [5.41, 5.74) is 0.823. The number of aromatic hydroxyl groups is 1. The summed E-state index contributed by atoms with van der Waals surface area (Å²) in [5.74, 6) is 0.188. The second-order valence-electron chi connectivity index (χ2n) is 4.39. The van der Waals surface area contributed by atoms with E-state index in [-0.39, 0.29) is 11.7 Å². The van der Waals surface area contributed by atoms with Crippen LogP contribution < -0.4 is 5.63 Å². The lowest BCUT2D eigenvalue weighted by molar-refractivity contribution is 0.411. The van der Waals surface area contributed by atoms with E-state index in [1.165, 1.54) is 0 Å². The number of halogens is 1. The zero-order valence-corrected chi connectivity index (χ0v) is 12.4. The summed E-state index contributed by atoms with van der Waals surface area (Å²) < 4.78 is 5.60. The van der Waals surface area contributed by atoms with Crippen molar-refractivity contribution < 1.29 is 9.52 Å². The molecule has 0 saturated heterocycles. The molecule has 1 N–H and O–H groups in total. The van der Waals surface area contributed by atoms with E-state index in [4.69, 9.17) is 4.42 Å². The minimum Gasteiger partial charge on any atom is -0.506 e. The van der Waals surface area contributed by atoms with Crippen molar-refractivity contribution in [3.8, 4) is 5.75 Å². The molecule has 1 aromatic carbocycles. The molecule has 0 aliphatic heterocycles. The molecule has 2 rings (SSSR count). The number of hydrogen-bond donors (Lipinski definition) is 1. The molecule has 4 heteroatoms. The van der Waals surface area contributed by atoms with Gasteiger partial charge in [0.25, 0.3) is 0 Å². The predicted octanol–water partition coefficient (Wildman–Crippen LogP) is 3.96. The Bertz CT molecular complexity index is 632. The first kappa shape index (κ1) is 13.9. The zero-order valence-electron chi connectivity index (χ0n) is 10.8. The van der Waals surface area contributed by atoms with Crippen LogP contribution in [0.25, 0.3) is 0 Å². The molecule has 3 nitrogen and oxygen atoms in total. The monoisotopic (exact) mass is 322 g/mol. The topological polar surface area (TPSA) is 50.4 Å². The van der Waals surface area contributed by atoms with Crippen LogP contribution in [-0.4, -0.2) is 5.11 Å². The van der Waals surface area contributed by atoms with Crippen LogP contribution in [0.1, 0.15) is 36.1 Å². The van der Waals surface area contributed by atoms with Gasteiger partial charge in [-0.05, 0) is 34.8 Å². The third-order valence-corrected chi connectivity index (χ3v) is 4.13. The Hall–Kier alpha value is -1.55. The molecule has 1 aromatic heterocycles. The molecule has 1 unspecified atom stereocenters. The van der Waals surface area contributed by atoms with Crippen LogP contribution in [0.5, 0.6) is 5.75 Å². The second kappa shape index (κ2) is 5.61. The van der Waals surface area contributed by atoms with Crippen LogP contribution in [-0.2, 0) is 0 Å². The van der Waals surface area contributed by atoms with E-state index in [1.54, 1.807) is 6.92 Å². The fourth-order valence-electron chi connectivity index (χ4n) is 2.22. The first-order valence-electron chi connectivity index (χ1n) is 6.13. The number of benzene rings is 1. The lowest BCUT2D eigenvalue weighted by Crippen LogP contribution is -2.14. The summed E-state index contributed by atoms with van der Waals surface area (Å²) in [7, 11) is 0. The van der Waals surface area contributed by atoms with Gasteiger partial charge in [-0.25, -0.2) is 4.79 Å². The quantitative estimate of drug-likeness (QED) is 0.930. The normalized spacial score (nSPS) is 12.4. The number of hydrogen-bond acceptors (Lipinski definition) is 3. The van der Waals surface area contributed by atoms with E-state index in [9.17, 15) is 9.90 Å². The van der Waals surface area contributed by atoms with Crippen LogP contribution in [0.15, 0.2) is 44.0 Å². The molecule has 0 spiro atoms. The molecule has 0 amide bonds. The average molecular weight is 323 g/mol. The van der Waals surface area contributed by atoms with E-state index in [1.807, 2.05) is 37.3 Å². The van der Waals surface area contributed by atoms with Crippen molar-refractivity contribution in [2.24, 2.45) is 0 Å². The molecule has 0 saturated carbocycles. The minimum atomic E-state index is -0.478. The number of aryl methyl sites for hydroxylation is 1. The van der Waals surface area contributed by atoms with Gasteiger partial charge in [-0.1, -0.05) is 37.3 Å². The van der Waals surface area contributed by atoms with E-state index in [0.29, 0.717) is 22.2 Å². The highest BCUT2D eigenvalue weighted by Crippen LogP contribution is 2.36. The highest BCUT2D eigenvalue weighted by atomic mass is 79.9. The van der Waals surface area contributed by atoms with E-state index < -0.39 is 5.63 Å². The molecule has 100 valence electrons.